The molecule has 1 aliphatic heterocycles. The first-order valence-corrected chi connectivity index (χ1v) is 16.0. The van der Waals surface area contributed by atoms with E-state index in [1.807, 2.05) is 53.3 Å². The largest absolute Gasteiger partial charge is 0.496 e. The van der Waals surface area contributed by atoms with Crippen molar-refractivity contribution in [1.82, 2.24) is 25.1 Å². The third-order valence-corrected chi connectivity index (χ3v) is 9.10. The summed E-state index contributed by atoms with van der Waals surface area (Å²) in [7, 11) is 1.52. The van der Waals surface area contributed by atoms with E-state index in [1.165, 1.54) is 36.0 Å². The molecule has 2 aromatic heterocycles. The molecule has 0 radical (unpaired) electrons. The van der Waals surface area contributed by atoms with Gasteiger partial charge in [0, 0.05) is 12.1 Å². The molecule has 1 N–H and O–H groups in total. The number of hydrogen-bond donors (Lipinski definition) is 1. The van der Waals surface area contributed by atoms with E-state index in [9.17, 15) is 14.0 Å². The molecule has 6 rings (SSSR count). The van der Waals surface area contributed by atoms with Crippen molar-refractivity contribution in [3.05, 3.63) is 124 Å². The monoisotopic (exact) mass is 640 g/mol. The molecule has 1 atom stereocenters. The molecule has 9 nitrogen and oxygen atoms in total. The van der Waals surface area contributed by atoms with Gasteiger partial charge >= 0.3 is 0 Å². The quantitative estimate of drug-likeness (QED) is 0.183. The highest BCUT2D eigenvalue weighted by Gasteiger charge is 2.33. The van der Waals surface area contributed by atoms with Gasteiger partial charge in [-0.3, -0.25) is 14.2 Å². The Bertz CT molecular complexity index is 1860. The highest BCUT2D eigenvalue weighted by Crippen LogP contribution is 2.35. The number of hydrogen-bond acceptors (Lipinski definition) is 8. The fourth-order valence-electron chi connectivity index (χ4n) is 5.09. The molecule has 45 heavy (non-hydrogen) atoms. The Hall–Kier alpha value is -4.81. The van der Waals surface area contributed by atoms with Crippen LogP contribution in [0.1, 0.15) is 44.6 Å². The molecule has 0 unspecified atom stereocenters. The smallest absolute Gasteiger partial charge is 0.255 e. The zero-order chi connectivity index (χ0) is 31.3. The lowest BCUT2D eigenvalue weighted by molar-refractivity contribution is -0.130. The Morgan fingerprint density at radius 3 is 2.62 bits per heavy atom. The zero-order valence-electron chi connectivity index (χ0n) is 24.5. The van der Waals surface area contributed by atoms with Crippen molar-refractivity contribution in [2.24, 2.45) is 5.10 Å². The van der Waals surface area contributed by atoms with E-state index in [1.54, 1.807) is 47.7 Å². The standard InChI is InChI=1S/C33H29FN6O3S2/c1-21-7-5-8-24(17-21)39-30(19-35-32(42)25-9-3-4-10-28(25)43-2)36-37-33(39)45-20-31(41)40-27(22-12-14-23(34)15-13-22)18-26(38-40)29-11-6-16-44-29/h3-17,27H,18-20H2,1-2H3,(H,35,42)/t27-/m0/s1. The topological polar surface area (TPSA) is 102 Å². The first kappa shape index (κ1) is 30.2. The van der Waals surface area contributed by atoms with Gasteiger partial charge in [-0.25, -0.2) is 9.40 Å². The molecule has 2 amide bonds. The van der Waals surface area contributed by atoms with E-state index in [-0.39, 0.29) is 36.0 Å². The lowest BCUT2D eigenvalue weighted by atomic mass is 10.0. The van der Waals surface area contributed by atoms with Crippen molar-refractivity contribution in [1.29, 1.82) is 0 Å². The summed E-state index contributed by atoms with van der Waals surface area (Å²) in [5.74, 6) is 0.144. The van der Waals surface area contributed by atoms with Crippen LogP contribution in [0, 0.1) is 12.7 Å². The summed E-state index contributed by atoms with van der Waals surface area (Å²) in [5.41, 5.74) is 3.87. The van der Waals surface area contributed by atoms with E-state index in [0.29, 0.717) is 28.7 Å². The second kappa shape index (κ2) is 13.4. The first-order valence-electron chi connectivity index (χ1n) is 14.2. The van der Waals surface area contributed by atoms with Gasteiger partial charge < -0.3 is 10.1 Å². The average Bonchev–Trinajstić information content (AvgIpc) is 3.83. The lowest BCUT2D eigenvalue weighted by Crippen LogP contribution is -2.28. The molecule has 3 aromatic carbocycles. The molecular formula is C33H29FN6O3S2. The summed E-state index contributed by atoms with van der Waals surface area (Å²) in [6, 6.07) is 24.6. The van der Waals surface area contributed by atoms with Gasteiger partial charge in [0.2, 0.25) is 0 Å². The fraction of sp³-hybridized carbons (Fsp3) is 0.182. The number of thiophene rings is 1. The number of thioether (sulfide) groups is 1. The number of benzene rings is 3. The van der Waals surface area contributed by atoms with Crippen molar-refractivity contribution < 1.29 is 18.7 Å². The minimum Gasteiger partial charge on any atom is -0.496 e. The van der Waals surface area contributed by atoms with Crippen LogP contribution < -0.4 is 10.1 Å². The molecule has 12 heteroatoms. The van der Waals surface area contributed by atoms with Gasteiger partial charge in [0.1, 0.15) is 11.6 Å². The van der Waals surface area contributed by atoms with Gasteiger partial charge in [-0.2, -0.15) is 5.10 Å². The minimum atomic E-state index is -0.355. The predicted octanol–water partition coefficient (Wildman–Crippen LogP) is 6.18. The number of amides is 2. The minimum absolute atomic E-state index is 0.0381. The summed E-state index contributed by atoms with van der Waals surface area (Å²) in [6.45, 7) is 2.08. The lowest BCUT2D eigenvalue weighted by Gasteiger charge is -2.22. The maximum Gasteiger partial charge on any atom is 0.255 e. The van der Waals surface area contributed by atoms with Crippen LogP contribution in [0.15, 0.2) is 101 Å². The van der Waals surface area contributed by atoms with Gasteiger partial charge in [-0.1, -0.05) is 54.2 Å². The molecule has 5 aromatic rings. The molecule has 3 heterocycles. The SMILES string of the molecule is COc1ccccc1C(=O)NCc1nnc(SCC(=O)N2N=C(c3cccs3)C[C@H]2c2ccc(F)cc2)n1-c1cccc(C)c1. The molecule has 228 valence electrons. The molecule has 1 aliphatic rings. The van der Waals surface area contributed by atoms with Gasteiger partial charge in [0.15, 0.2) is 11.0 Å². The number of carbonyl (C=O) groups is 2. The van der Waals surface area contributed by atoms with Crippen molar-refractivity contribution >= 4 is 40.6 Å². The van der Waals surface area contributed by atoms with Gasteiger partial charge in [-0.05, 0) is 65.9 Å². The second-order valence-corrected chi connectivity index (χ2v) is 12.2. The molecular weight excluding hydrogens is 612 g/mol. The maximum absolute atomic E-state index is 13.7. The number of nitrogens with zero attached hydrogens (tertiary/aromatic N) is 5. The van der Waals surface area contributed by atoms with Crippen LogP contribution in [-0.4, -0.2) is 50.2 Å². The van der Waals surface area contributed by atoms with E-state index >= 15 is 0 Å². The maximum atomic E-state index is 13.7. The van der Waals surface area contributed by atoms with Crippen molar-refractivity contribution in [3.8, 4) is 11.4 Å². The number of halogens is 1. The number of para-hydroxylation sites is 1. The normalized spacial score (nSPS) is 14.3. The number of hydrazone groups is 1. The predicted molar refractivity (Wildman–Crippen MR) is 172 cm³/mol. The molecule has 0 saturated carbocycles. The van der Waals surface area contributed by atoms with Crippen LogP contribution >= 0.6 is 23.1 Å². The average molecular weight is 641 g/mol. The Morgan fingerprint density at radius 1 is 1.04 bits per heavy atom. The second-order valence-electron chi connectivity index (χ2n) is 10.3. The van der Waals surface area contributed by atoms with Crippen LogP contribution in [0.4, 0.5) is 4.39 Å². The molecule has 0 aliphatic carbocycles. The van der Waals surface area contributed by atoms with E-state index in [0.717, 1.165) is 27.4 Å². The van der Waals surface area contributed by atoms with Crippen molar-refractivity contribution in [3.63, 3.8) is 0 Å². The highest BCUT2D eigenvalue weighted by atomic mass is 32.2. The number of ether oxygens (including phenoxy) is 1. The number of nitrogens with one attached hydrogen (secondary N) is 1. The van der Waals surface area contributed by atoms with E-state index < -0.39 is 0 Å². The van der Waals surface area contributed by atoms with Crippen LogP contribution in [0.3, 0.4) is 0 Å². The number of aromatic nitrogens is 3. The Morgan fingerprint density at radius 2 is 1.87 bits per heavy atom. The summed E-state index contributed by atoms with van der Waals surface area (Å²) in [4.78, 5) is 27.7. The number of methoxy groups -OCH3 is 1. The summed E-state index contributed by atoms with van der Waals surface area (Å²) >= 11 is 2.80. The van der Waals surface area contributed by atoms with E-state index in [4.69, 9.17) is 9.84 Å². The summed E-state index contributed by atoms with van der Waals surface area (Å²) < 4.78 is 20.9. The molecule has 0 fully saturated rings. The van der Waals surface area contributed by atoms with Crippen molar-refractivity contribution in [2.75, 3.05) is 12.9 Å². The van der Waals surface area contributed by atoms with Crippen LogP contribution in [0.2, 0.25) is 0 Å². The first-order chi connectivity index (χ1) is 21.9. The Balaban J connectivity index is 1.24. The van der Waals surface area contributed by atoms with Crippen LogP contribution in [0.5, 0.6) is 5.75 Å². The summed E-state index contributed by atoms with van der Waals surface area (Å²) in [6.07, 6.45) is 0.526. The summed E-state index contributed by atoms with van der Waals surface area (Å²) in [5, 5.41) is 20.4. The van der Waals surface area contributed by atoms with Gasteiger partial charge in [0.05, 0.1) is 41.6 Å². The highest BCUT2D eigenvalue weighted by molar-refractivity contribution is 7.99. The Labute approximate surface area is 267 Å². The van der Waals surface area contributed by atoms with Gasteiger partial charge in [0.25, 0.3) is 11.8 Å². The molecule has 0 spiro atoms. The Kier molecular flexibility index (Phi) is 9.03. The third-order valence-electron chi connectivity index (χ3n) is 7.27. The zero-order valence-corrected chi connectivity index (χ0v) is 26.1. The number of aryl methyl sites for hydroxylation is 1. The van der Waals surface area contributed by atoms with E-state index in [2.05, 4.69) is 15.5 Å². The van der Waals surface area contributed by atoms with Gasteiger partial charge in [-0.15, -0.1) is 21.5 Å². The molecule has 0 bridgehead atoms. The number of carbonyl (C=O) groups excluding carboxylic acids is 2. The van der Waals surface area contributed by atoms with Crippen molar-refractivity contribution in [2.45, 2.75) is 31.1 Å². The van der Waals surface area contributed by atoms with Crippen LogP contribution in [-0.2, 0) is 11.3 Å². The third kappa shape index (κ3) is 6.66. The number of rotatable bonds is 10. The fourth-order valence-corrected chi connectivity index (χ4v) is 6.63. The molecule has 0 saturated heterocycles. The van der Waals surface area contributed by atoms with Crippen LogP contribution in [0.25, 0.3) is 5.69 Å².